The molecular formula is C19H26N2O6. The van der Waals surface area contributed by atoms with Crippen LogP contribution in [0.1, 0.15) is 37.7 Å². The molecule has 27 heavy (non-hydrogen) atoms. The minimum atomic E-state index is -1.21. The number of aliphatic carboxylic acids is 1. The molecule has 0 aliphatic carbocycles. The van der Waals surface area contributed by atoms with Gasteiger partial charge in [0, 0.05) is 13.1 Å². The lowest BCUT2D eigenvalue weighted by atomic mass is 10.1. The molecule has 1 unspecified atom stereocenters. The van der Waals surface area contributed by atoms with Crippen LogP contribution in [0.2, 0.25) is 0 Å². The van der Waals surface area contributed by atoms with Gasteiger partial charge in [-0.2, -0.15) is 0 Å². The molecule has 1 fully saturated rings. The van der Waals surface area contributed by atoms with E-state index >= 15 is 0 Å². The number of benzene rings is 1. The van der Waals surface area contributed by atoms with E-state index in [0.29, 0.717) is 38.8 Å². The van der Waals surface area contributed by atoms with Crippen LogP contribution in [0.5, 0.6) is 0 Å². The highest BCUT2D eigenvalue weighted by molar-refractivity contribution is 5.86. The Morgan fingerprint density at radius 1 is 1.22 bits per heavy atom. The van der Waals surface area contributed by atoms with Gasteiger partial charge in [0.1, 0.15) is 18.8 Å². The number of hydrogen-bond donors (Lipinski definition) is 3. The number of alkyl carbamates (subject to hydrolysis) is 1. The van der Waals surface area contributed by atoms with Crippen molar-refractivity contribution in [1.29, 1.82) is 0 Å². The highest BCUT2D eigenvalue weighted by Gasteiger charge is 2.36. The van der Waals surface area contributed by atoms with E-state index in [0.717, 1.165) is 5.56 Å². The average Bonchev–Trinajstić information content (AvgIpc) is 3.16. The molecule has 1 aliphatic heterocycles. The van der Waals surface area contributed by atoms with E-state index in [1.165, 1.54) is 4.90 Å². The van der Waals surface area contributed by atoms with Crippen LogP contribution in [-0.4, -0.2) is 58.3 Å². The molecule has 1 heterocycles. The minimum absolute atomic E-state index is 0.195. The fourth-order valence-electron chi connectivity index (χ4n) is 3.03. The number of rotatable bonds is 9. The molecule has 8 heteroatoms. The molecule has 0 bridgehead atoms. The lowest BCUT2D eigenvalue weighted by Crippen LogP contribution is -2.45. The zero-order valence-corrected chi connectivity index (χ0v) is 15.2. The Hall–Kier alpha value is -2.61. The second-order valence-electron chi connectivity index (χ2n) is 6.53. The first-order valence-corrected chi connectivity index (χ1v) is 9.15. The molecule has 2 atom stereocenters. The SMILES string of the molecule is O=C(NCCCCC(O)C(=O)N1CCC[C@H]1C(=O)O)OCc1ccccc1. The summed E-state index contributed by atoms with van der Waals surface area (Å²) in [6.07, 6.45) is 0.645. The molecule has 0 aromatic heterocycles. The summed E-state index contributed by atoms with van der Waals surface area (Å²) in [6.45, 7) is 0.929. The van der Waals surface area contributed by atoms with Crippen molar-refractivity contribution in [2.75, 3.05) is 13.1 Å². The number of aliphatic hydroxyl groups is 1. The van der Waals surface area contributed by atoms with E-state index in [1.54, 1.807) is 0 Å². The Bertz CT molecular complexity index is 636. The first-order chi connectivity index (χ1) is 13.0. The fraction of sp³-hybridized carbons (Fsp3) is 0.526. The van der Waals surface area contributed by atoms with Crippen molar-refractivity contribution in [1.82, 2.24) is 10.2 Å². The Kier molecular flexibility index (Phi) is 8.06. The van der Waals surface area contributed by atoms with E-state index < -0.39 is 30.1 Å². The van der Waals surface area contributed by atoms with Crippen LogP contribution in [0, 0.1) is 0 Å². The van der Waals surface area contributed by atoms with Gasteiger partial charge in [0.25, 0.3) is 5.91 Å². The van der Waals surface area contributed by atoms with Crippen molar-refractivity contribution >= 4 is 18.0 Å². The topological polar surface area (TPSA) is 116 Å². The van der Waals surface area contributed by atoms with Gasteiger partial charge in [0.05, 0.1) is 0 Å². The summed E-state index contributed by atoms with van der Waals surface area (Å²) in [4.78, 5) is 36.1. The Labute approximate surface area is 158 Å². The van der Waals surface area contributed by atoms with Crippen molar-refractivity contribution in [2.45, 2.75) is 50.9 Å². The van der Waals surface area contributed by atoms with Crippen LogP contribution >= 0.6 is 0 Å². The largest absolute Gasteiger partial charge is 0.480 e. The molecule has 3 N–H and O–H groups in total. The lowest BCUT2D eigenvalue weighted by molar-refractivity contribution is -0.152. The van der Waals surface area contributed by atoms with Crippen LogP contribution in [0.25, 0.3) is 0 Å². The van der Waals surface area contributed by atoms with E-state index in [9.17, 15) is 19.5 Å². The zero-order chi connectivity index (χ0) is 19.6. The predicted molar refractivity (Wildman–Crippen MR) is 96.9 cm³/mol. The summed E-state index contributed by atoms with van der Waals surface area (Å²) < 4.78 is 5.08. The number of nitrogens with zero attached hydrogens (tertiary/aromatic N) is 1. The highest BCUT2D eigenvalue weighted by Crippen LogP contribution is 2.19. The Morgan fingerprint density at radius 2 is 1.96 bits per heavy atom. The second-order valence-corrected chi connectivity index (χ2v) is 6.53. The first-order valence-electron chi connectivity index (χ1n) is 9.15. The second kappa shape index (κ2) is 10.5. The van der Waals surface area contributed by atoms with Crippen LogP contribution in [0.3, 0.4) is 0 Å². The van der Waals surface area contributed by atoms with Crippen molar-refractivity contribution in [3.63, 3.8) is 0 Å². The van der Waals surface area contributed by atoms with Gasteiger partial charge in [0.2, 0.25) is 0 Å². The average molecular weight is 378 g/mol. The molecule has 1 saturated heterocycles. The van der Waals surface area contributed by atoms with Gasteiger partial charge in [-0.05, 0) is 37.7 Å². The smallest absolute Gasteiger partial charge is 0.407 e. The molecule has 0 saturated carbocycles. The maximum atomic E-state index is 12.2. The molecule has 1 aliphatic rings. The summed E-state index contributed by atoms with van der Waals surface area (Å²) >= 11 is 0. The molecular weight excluding hydrogens is 352 g/mol. The van der Waals surface area contributed by atoms with Crippen LogP contribution in [-0.2, 0) is 20.9 Å². The molecule has 1 aromatic rings. The summed E-state index contributed by atoms with van der Waals surface area (Å²) in [6, 6.07) is 8.50. The molecule has 0 radical (unpaired) electrons. The number of ether oxygens (including phenoxy) is 1. The molecule has 0 spiro atoms. The number of carboxylic acids is 1. The van der Waals surface area contributed by atoms with Gasteiger partial charge in [0.15, 0.2) is 0 Å². The normalized spacial score (nSPS) is 17.4. The number of hydrogen-bond acceptors (Lipinski definition) is 5. The number of carbonyl (C=O) groups is 3. The number of amides is 2. The van der Waals surface area contributed by atoms with E-state index in [-0.39, 0.29) is 13.0 Å². The standard InChI is InChI=1S/C19H26N2O6/c22-16(17(23)21-12-6-9-15(21)18(24)25)10-4-5-11-20-19(26)27-13-14-7-2-1-3-8-14/h1-3,7-8,15-16,22H,4-6,9-13H2,(H,20,26)(H,24,25)/t15-,16?/m0/s1. The van der Waals surface area contributed by atoms with Crippen molar-refractivity contribution in [3.05, 3.63) is 35.9 Å². The maximum Gasteiger partial charge on any atom is 0.407 e. The Balaban J connectivity index is 1.58. The van der Waals surface area contributed by atoms with Gasteiger partial charge in [-0.15, -0.1) is 0 Å². The third-order valence-electron chi connectivity index (χ3n) is 4.49. The molecule has 1 aromatic carbocycles. The fourth-order valence-corrected chi connectivity index (χ4v) is 3.03. The summed E-state index contributed by atoms with van der Waals surface area (Å²) in [7, 11) is 0. The monoisotopic (exact) mass is 378 g/mol. The highest BCUT2D eigenvalue weighted by atomic mass is 16.5. The number of likely N-dealkylation sites (tertiary alicyclic amines) is 1. The number of unbranched alkanes of at least 4 members (excludes halogenated alkanes) is 1. The predicted octanol–water partition coefficient (Wildman–Crippen LogP) is 1.52. The van der Waals surface area contributed by atoms with Gasteiger partial charge in [-0.3, -0.25) is 4.79 Å². The molecule has 2 rings (SSSR count). The third kappa shape index (κ3) is 6.56. The van der Waals surface area contributed by atoms with Crippen LogP contribution < -0.4 is 5.32 Å². The third-order valence-corrected chi connectivity index (χ3v) is 4.49. The number of carboxylic acid groups (broad SMARTS) is 1. The van der Waals surface area contributed by atoms with Gasteiger partial charge < -0.3 is 25.2 Å². The number of aliphatic hydroxyl groups excluding tert-OH is 1. The number of nitrogens with one attached hydrogen (secondary N) is 1. The van der Waals surface area contributed by atoms with Crippen LogP contribution in [0.4, 0.5) is 4.79 Å². The van der Waals surface area contributed by atoms with Gasteiger partial charge in [-0.25, -0.2) is 9.59 Å². The summed E-state index contributed by atoms with van der Waals surface area (Å²) in [5.74, 6) is -1.57. The minimum Gasteiger partial charge on any atom is -0.480 e. The number of carbonyl (C=O) groups excluding carboxylic acids is 2. The quantitative estimate of drug-likeness (QED) is 0.561. The van der Waals surface area contributed by atoms with E-state index in [2.05, 4.69) is 5.32 Å². The molecule has 8 nitrogen and oxygen atoms in total. The summed E-state index contributed by atoms with van der Waals surface area (Å²) in [5.41, 5.74) is 0.899. The van der Waals surface area contributed by atoms with Crippen molar-refractivity contribution in [2.24, 2.45) is 0 Å². The van der Waals surface area contributed by atoms with Crippen molar-refractivity contribution in [3.8, 4) is 0 Å². The van der Waals surface area contributed by atoms with Gasteiger partial charge >= 0.3 is 12.1 Å². The van der Waals surface area contributed by atoms with Crippen LogP contribution in [0.15, 0.2) is 30.3 Å². The molecule has 2 amide bonds. The summed E-state index contributed by atoms with van der Waals surface area (Å²) in [5, 5.41) is 21.7. The van der Waals surface area contributed by atoms with E-state index in [4.69, 9.17) is 9.84 Å². The molecule has 148 valence electrons. The Morgan fingerprint density at radius 3 is 2.67 bits per heavy atom. The first kappa shape index (κ1) is 20.7. The van der Waals surface area contributed by atoms with E-state index in [1.807, 2.05) is 30.3 Å². The zero-order valence-electron chi connectivity index (χ0n) is 15.2. The maximum absolute atomic E-state index is 12.2. The van der Waals surface area contributed by atoms with Crippen molar-refractivity contribution < 1.29 is 29.3 Å². The van der Waals surface area contributed by atoms with Gasteiger partial charge in [-0.1, -0.05) is 30.3 Å². The lowest BCUT2D eigenvalue weighted by Gasteiger charge is -2.24.